The van der Waals surface area contributed by atoms with Crippen molar-refractivity contribution in [2.45, 2.75) is 58.2 Å². The normalized spacial score (nSPS) is 14.2. The van der Waals surface area contributed by atoms with Crippen molar-refractivity contribution in [2.24, 2.45) is 5.73 Å². The standard InChI is InChI=1S/C31H35N3O2/c1-3-21-14-23-16-25(17-24(23)15-22(21)4-2)33-18-28(32)26-10-12-29(31-27(26)11-13-30(35)34-31)36-19-20-8-6-5-7-9-20/h5-15,25,28,33H,3-4,16-19,32H2,1-2H3,(H,34,35)/t28-/m0/s1. The number of H-pyrrole nitrogens is 1. The molecule has 36 heavy (non-hydrogen) atoms. The number of aryl methyl sites for hydroxylation is 2. The topological polar surface area (TPSA) is 80.1 Å². The number of ether oxygens (including phenoxy) is 1. The Morgan fingerprint density at radius 2 is 1.67 bits per heavy atom. The Kier molecular flexibility index (Phi) is 7.21. The Hall–Kier alpha value is -3.41. The van der Waals surface area contributed by atoms with E-state index in [9.17, 15) is 4.79 Å². The minimum absolute atomic E-state index is 0.155. The Morgan fingerprint density at radius 3 is 2.33 bits per heavy atom. The first-order valence-corrected chi connectivity index (χ1v) is 13.0. The molecule has 4 aromatic rings. The van der Waals surface area contributed by atoms with E-state index in [-0.39, 0.29) is 11.6 Å². The van der Waals surface area contributed by atoms with Crippen LogP contribution < -0.4 is 21.3 Å². The molecule has 0 fully saturated rings. The van der Waals surface area contributed by atoms with E-state index in [0.29, 0.717) is 30.5 Å². The van der Waals surface area contributed by atoms with E-state index >= 15 is 0 Å². The molecule has 0 bridgehead atoms. The van der Waals surface area contributed by atoms with E-state index in [4.69, 9.17) is 10.5 Å². The molecule has 0 amide bonds. The van der Waals surface area contributed by atoms with Crippen LogP contribution in [0.4, 0.5) is 0 Å². The average Bonchev–Trinajstić information content (AvgIpc) is 3.31. The number of nitrogens with one attached hydrogen (secondary N) is 2. The molecule has 3 aromatic carbocycles. The predicted molar refractivity (Wildman–Crippen MR) is 147 cm³/mol. The van der Waals surface area contributed by atoms with Gasteiger partial charge in [-0.15, -0.1) is 0 Å². The predicted octanol–water partition coefficient (Wildman–Crippen LogP) is 4.99. The van der Waals surface area contributed by atoms with Crippen LogP contribution in [-0.4, -0.2) is 17.6 Å². The monoisotopic (exact) mass is 481 g/mol. The van der Waals surface area contributed by atoms with Gasteiger partial charge in [0.1, 0.15) is 12.4 Å². The highest BCUT2D eigenvalue weighted by Gasteiger charge is 2.23. The molecule has 1 heterocycles. The van der Waals surface area contributed by atoms with Crippen molar-refractivity contribution in [1.82, 2.24) is 10.3 Å². The van der Waals surface area contributed by atoms with Gasteiger partial charge in [-0.3, -0.25) is 4.79 Å². The van der Waals surface area contributed by atoms with Crippen LogP contribution >= 0.6 is 0 Å². The zero-order valence-corrected chi connectivity index (χ0v) is 21.1. The summed E-state index contributed by atoms with van der Waals surface area (Å²) in [7, 11) is 0. The second kappa shape index (κ2) is 10.7. The third kappa shape index (κ3) is 5.08. The summed E-state index contributed by atoms with van der Waals surface area (Å²) in [5, 5.41) is 4.63. The van der Waals surface area contributed by atoms with Crippen molar-refractivity contribution in [2.75, 3.05) is 6.54 Å². The maximum atomic E-state index is 12.1. The SMILES string of the molecule is CCc1cc2c(cc1CC)CC(NC[C@H](N)c1ccc(OCc3ccccc3)c3[nH]c(=O)ccc13)C2. The van der Waals surface area contributed by atoms with Crippen LogP contribution in [0.3, 0.4) is 0 Å². The summed E-state index contributed by atoms with van der Waals surface area (Å²) < 4.78 is 6.08. The molecule has 1 aliphatic carbocycles. The molecule has 0 saturated carbocycles. The minimum atomic E-state index is -0.206. The lowest BCUT2D eigenvalue weighted by Gasteiger charge is -2.20. The third-order valence-corrected chi connectivity index (χ3v) is 7.37. The Labute approximate surface area is 212 Å². The Bertz CT molecular complexity index is 1380. The molecular weight excluding hydrogens is 446 g/mol. The lowest BCUT2D eigenvalue weighted by molar-refractivity contribution is 0.309. The van der Waals surface area contributed by atoms with Gasteiger partial charge in [-0.2, -0.15) is 0 Å². The summed E-state index contributed by atoms with van der Waals surface area (Å²) in [6.07, 6.45) is 4.25. The fourth-order valence-electron chi connectivity index (χ4n) is 5.41. The maximum Gasteiger partial charge on any atom is 0.248 e. The molecular formula is C31H35N3O2. The van der Waals surface area contributed by atoms with Crippen molar-refractivity contribution < 1.29 is 4.74 Å². The molecule has 0 spiro atoms. The first-order chi connectivity index (χ1) is 17.6. The zero-order chi connectivity index (χ0) is 25.1. The molecule has 4 N–H and O–H groups in total. The number of hydrogen-bond donors (Lipinski definition) is 3. The highest BCUT2D eigenvalue weighted by Crippen LogP contribution is 2.30. The highest BCUT2D eigenvalue weighted by atomic mass is 16.5. The van der Waals surface area contributed by atoms with Crippen LogP contribution in [0.15, 0.2) is 71.5 Å². The average molecular weight is 482 g/mol. The van der Waals surface area contributed by atoms with Crippen LogP contribution in [0.1, 0.15) is 53.3 Å². The number of pyridine rings is 1. The second-order valence-corrected chi connectivity index (χ2v) is 9.76. The molecule has 0 radical (unpaired) electrons. The van der Waals surface area contributed by atoms with E-state index in [0.717, 1.165) is 42.2 Å². The van der Waals surface area contributed by atoms with Crippen LogP contribution in [0, 0.1) is 0 Å². The highest BCUT2D eigenvalue weighted by molar-refractivity contribution is 5.87. The lowest BCUT2D eigenvalue weighted by atomic mass is 9.97. The van der Waals surface area contributed by atoms with E-state index in [1.165, 1.54) is 22.3 Å². The van der Waals surface area contributed by atoms with Crippen molar-refractivity contribution in [1.29, 1.82) is 0 Å². The van der Waals surface area contributed by atoms with Gasteiger partial charge in [0.05, 0.1) is 5.52 Å². The molecule has 0 saturated heterocycles. The summed E-state index contributed by atoms with van der Waals surface area (Å²) in [5.41, 5.74) is 15.2. The van der Waals surface area contributed by atoms with Gasteiger partial charge >= 0.3 is 0 Å². The van der Waals surface area contributed by atoms with Gasteiger partial charge in [-0.05, 0) is 71.2 Å². The summed E-state index contributed by atoms with van der Waals surface area (Å²) in [5.74, 6) is 0.653. The van der Waals surface area contributed by atoms with E-state index < -0.39 is 0 Å². The number of rotatable bonds is 9. The molecule has 5 heteroatoms. The van der Waals surface area contributed by atoms with Gasteiger partial charge in [-0.25, -0.2) is 0 Å². The van der Waals surface area contributed by atoms with Crippen LogP contribution in [0.25, 0.3) is 10.9 Å². The Balaban J connectivity index is 1.30. The largest absolute Gasteiger partial charge is 0.487 e. The summed E-state index contributed by atoms with van der Waals surface area (Å²) >= 11 is 0. The lowest BCUT2D eigenvalue weighted by Crippen LogP contribution is -2.35. The molecule has 1 aliphatic rings. The maximum absolute atomic E-state index is 12.1. The molecule has 0 unspecified atom stereocenters. The van der Waals surface area contributed by atoms with Crippen molar-refractivity contribution in [3.05, 3.63) is 110 Å². The fraction of sp³-hybridized carbons (Fsp3) is 0.323. The first-order valence-electron chi connectivity index (χ1n) is 13.0. The number of fused-ring (bicyclic) bond motifs is 2. The summed E-state index contributed by atoms with van der Waals surface area (Å²) in [4.78, 5) is 15.1. The zero-order valence-electron chi connectivity index (χ0n) is 21.1. The van der Waals surface area contributed by atoms with Crippen molar-refractivity contribution in [3.63, 3.8) is 0 Å². The number of aromatic nitrogens is 1. The van der Waals surface area contributed by atoms with Gasteiger partial charge in [0, 0.05) is 30.1 Å². The molecule has 5 nitrogen and oxygen atoms in total. The van der Waals surface area contributed by atoms with Crippen LogP contribution in [0.2, 0.25) is 0 Å². The van der Waals surface area contributed by atoms with Gasteiger partial charge < -0.3 is 20.8 Å². The molecule has 0 aliphatic heterocycles. The second-order valence-electron chi connectivity index (χ2n) is 9.76. The number of benzene rings is 3. The van der Waals surface area contributed by atoms with E-state index in [2.05, 4.69) is 36.3 Å². The molecule has 5 rings (SSSR count). The van der Waals surface area contributed by atoms with Crippen LogP contribution in [-0.2, 0) is 32.3 Å². The molecule has 186 valence electrons. The van der Waals surface area contributed by atoms with Crippen LogP contribution in [0.5, 0.6) is 5.75 Å². The third-order valence-electron chi connectivity index (χ3n) is 7.37. The smallest absolute Gasteiger partial charge is 0.248 e. The number of hydrogen-bond acceptors (Lipinski definition) is 4. The van der Waals surface area contributed by atoms with E-state index in [1.54, 1.807) is 6.07 Å². The fourth-order valence-corrected chi connectivity index (χ4v) is 5.41. The summed E-state index contributed by atoms with van der Waals surface area (Å²) in [6.45, 7) is 5.57. The van der Waals surface area contributed by atoms with Gasteiger partial charge in [-0.1, -0.05) is 62.4 Å². The van der Waals surface area contributed by atoms with E-state index in [1.807, 2.05) is 48.5 Å². The molecule has 1 atom stereocenters. The number of aromatic amines is 1. The van der Waals surface area contributed by atoms with Crippen molar-refractivity contribution in [3.8, 4) is 5.75 Å². The summed E-state index contributed by atoms with van der Waals surface area (Å²) in [6, 6.07) is 22.4. The quantitative estimate of drug-likeness (QED) is 0.315. The van der Waals surface area contributed by atoms with Gasteiger partial charge in [0.15, 0.2) is 0 Å². The molecule has 1 aromatic heterocycles. The Morgan fingerprint density at radius 1 is 0.972 bits per heavy atom. The number of nitrogens with two attached hydrogens (primary N) is 1. The first kappa shape index (κ1) is 24.3. The van der Waals surface area contributed by atoms with Gasteiger partial charge in [0.2, 0.25) is 5.56 Å². The van der Waals surface area contributed by atoms with Gasteiger partial charge in [0.25, 0.3) is 0 Å². The van der Waals surface area contributed by atoms with Crippen molar-refractivity contribution >= 4 is 10.9 Å². The minimum Gasteiger partial charge on any atom is -0.487 e.